The SMILES string of the molecule is C[C@H]1Cc2c([nH]c3ccccc23)[C@H](c2ccc(C3CCOCC3)cc2)N1C(=O)CCl. The number of carbonyl (C=O) groups excluding carboxylic acids is 1. The van der Waals surface area contributed by atoms with Crippen LogP contribution in [0.4, 0.5) is 0 Å². The second-order valence-corrected chi connectivity index (χ2v) is 8.77. The van der Waals surface area contributed by atoms with Crippen molar-refractivity contribution in [1.82, 2.24) is 9.88 Å². The lowest BCUT2D eigenvalue weighted by Gasteiger charge is -2.41. The first kappa shape index (κ1) is 19.7. The summed E-state index contributed by atoms with van der Waals surface area (Å²) in [6.07, 6.45) is 2.98. The van der Waals surface area contributed by atoms with E-state index in [1.807, 2.05) is 11.0 Å². The molecule has 3 aromatic rings. The lowest BCUT2D eigenvalue weighted by Crippen LogP contribution is -2.46. The molecule has 2 aromatic carbocycles. The fourth-order valence-corrected chi connectivity index (χ4v) is 5.37. The molecule has 0 unspecified atom stereocenters. The topological polar surface area (TPSA) is 45.3 Å². The van der Waals surface area contributed by atoms with E-state index in [-0.39, 0.29) is 23.9 Å². The maximum Gasteiger partial charge on any atom is 0.238 e. The van der Waals surface area contributed by atoms with Crippen LogP contribution in [0.5, 0.6) is 0 Å². The fourth-order valence-electron chi connectivity index (χ4n) is 5.23. The average molecular weight is 423 g/mol. The third kappa shape index (κ3) is 3.32. The maximum absolute atomic E-state index is 12.9. The number of aromatic amines is 1. The van der Waals surface area contributed by atoms with E-state index in [1.165, 1.54) is 16.5 Å². The highest BCUT2D eigenvalue weighted by molar-refractivity contribution is 6.27. The van der Waals surface area contributed by atoms with Crippen molar-refractivity contribution in [3.63, 3.8) is 0 Å². The Morgan fingerprint density at radius 3 is 2.53 bits per heavy atom. The number of ether oxygens (including phenoxy) is 1. The number of H-pyrrole nitrogens is 1. The molecule has 1 amide bonds. The van der Waals surface area contributed by atoms with E-state index in [0.29, 0.717) is 5.92 Å². The molecule has 1 saturated heterocycles. The zero-order chi connectivity index (χ0) is 20.7. The Kier molecular flexibility index (Phi) is 5.30. The Balaban J connectivity index is 1.59. The minimum Gasteiger partial charge on any atom is -0.381 e. The minimum atomic E-state index is -0.147. The van der Waals surface area contributed by atoms with Crippen molar-refractivity contribution in [2.45, 2.75) is 44.2 Å². The minimum absolute atomic E-state index is 0.00341. The molecule has 2 atom stereocenters. The first-order valence-corrected chi connectivity index (χ1v) is 11.3. The number of carbonyl (C=O) groups is 1. The Hall–Kier alpha value is -2.30. The van der Waals surface area contributed by atoms with Gasteiger partial charge < -0.3 is 14.6 Å². The molecule has 5 heteroatoms. The van der Waals surface area contributed by atoms with Crippen LogP contribution < -0.4 is 0 Å². The molecule has 0 radical (unpaired) electrons. The van der Waals surface area contributed by atoms with Gasteiger partial charge in [0.15, 0.2) is 0 Å². The Bertz CT molecular complexity index is 1050. The number of para-hydroxylation sites is 1. The number of fused-ring (bicyclic) bond motifs is 3. The molecular weight excluding hydrogens is 396 g/mol. The van der Waals surface area contributed by atoms with Crippen molar-refractivity contribution in [2.24, 2.45) is 0 Å². The van der Waals surface area contributed by atoms with Gasteiger partial charge >= 0.3 is 0 Å². The van der Waals surface area contributed by atoms with Crippen LogP contribution in [-0.2, 0) is 16.0 Å². The molecule has 30 heavy (non-hydrogen) atoms. The van der Waals surface area contributed by atoms with Gasteiger partial charge in [-0.15, -0.1) is 11.6 Å². The summed E-state index contributed by atoms with van der Waals surface area (Å²) in [6, 6.07) is 17.2. The zero-order valence-electron chi connectivity index (χ0n) is 17.2. The van der Waals surface area contributed by atoms with Crippen molar-refractivity contribution >= 4 is 28.4 Å². The third-order valence-corrected chi connectivity index (χ3v) is 6.95. The number of alkyl halides is 1. The molecular formula is C25H27ClN2O2. The number of amides is 1. The summed E-state index contributed by atoms with van der Waals surface area (Å²) in [5, 5.41) is 1.25. The zero-order valence-corrected chi connectivity index (χ0v) is 18.0. The number of aromatic nitrogens is 1. The number of nitrogens with one attached hydrogen (secondary N) is 1. The van der Waals surface area contributed by atoms with Crippen LogP contribution in [-0.4, -0.2) is 40.9 Å². The van der Waals surface area contributed by atoms with E-state index in [0.717, 1.165) is 49.3 Å². The van der Waals surface area contributed by atoms with E-state index < -0.39 is 0 Å². The van der Waals surface area contributed by atoms with Crippen molar-refractivity contribution < 1.29 is 9.53 Å². The van der Waals surface area contributed by atoms with Crippen molar-refractivity contribution in [1.29, 1.82) is 0 Å². The summed E-state index contributed by atoms with van der Waals surface area (Å²) in [6.45, 7) is 3.80. The molecule has 0 aliphatic carbocycles. The Morgan fingerprint density at radius 1 is 1.10 bits per heavy atom. The van der Waals surface area contributed by atoms with Gasteiger partial charge in [-0.25, -0.2) is 0 Å². The Labute approximate surface area is 182 Å². The third-order valence-electron chi connectivity index (χ3n) is 6.72. The molecule has 2 aliphatic heterocycles. The first-order chi connectivity index (χ1) is 14.7. The predicted molar refractivity (Wildman–Crippen MR) is 120 cm³/mol. The van der Waals surface area contributed by atoms with Gasteiger partial charge in [-0.3, -0.25) is 4.79 Å². The largest absolute Gasteiger partial charge is 0.381 e. The molecule has 0 saturated carbocycles. The first-order valence-electron chi connectivity index (χ1n) is 10.8. The molecule has 1 N–H and O–H groups in total. The lowest BCUT2D eigenvalue weighted by atomic mass is 9.86. The van der Waals surface area contributed by atoms with Gasteiger partial charge in [0.05, 0.1) is 6.04 Å². The van der Waals surface area contributed by atoms with E-state index in [9.17, 15) is 4.79 Å². The lowest BCUT2D eigenvalue weighted by molar-refractivity contribution is -0.133. The molecule has 4 nitrogen and oxygen atoms in total. The van der Waals surface area contributed by atoms with Crippen LogP contribution in [0.25, 0.3) is 10.9 Å². The molecule has 1 fully saturated rings. The van der Waals surface area contributed by atoms with Crippen LogP contribution in [0.1, 0.15) is 54.1 Å². The fraction of sp³-hybridized carbons (Fsp3) is 0.400. The molecule has 5 rings (SSSR count). The van der Waals surface area contributed by atoms with Gasteiger partial charge in [0, 0.05) is 35.9 Å². The standard InChI is InChI=1S/C25H27ClN2O2/c1-16-14-21-20-4-2-3-5-22(20)27-24(21)25(28(16)23(29)15-26)19-8-6-17(7-9-19)18-10-12-30-13-11-18/h2-9,16,18,25,27H,10-15H2,1H3/t16-,25-/m0/s1. The second-order valence-electron chi connectivity index (χ2n) is 8.51. The molecule has 0 bridgehead atoms. The van der Waals surface area contributed by atoms with Crippen molar-refractivity contribution in [3.05, 3.63) is 70.9 Å². The number of rotatable bonds is 3. The van der Waals surface area contributed by atoms with E-state index >= 15 is 0 Å². The summed E-state index contributed by atoms with van der Waals surface area (Å²) in [5.74, 6) is 0.533. The van der Waals surface area contributed by atoms with E-state index in [2.05, 4.69) is 54.4 Å². The van der Waals surface area contributed by atoms with Gasteiger partial charge in [0.1, 0.15) is 5.88 Å². The smallest absolute Gasteiger partial charge is 0.238 e. The van der Waals surface area contributed by atoms with E-state index in [1.54, 1.807) is 0 Å². The highest BCUT2D eigenvalue weighted by Crippen LogP contribution is 2.41. The Morgan fingerprint density at radius 2 is 1.80 bits per heavy atom. The van der Waals surface area contributed by atoms with E-state index in [4.69, 9.17) is 16.3 Å². The van der Waals surface area contributed by atoms with Crippen molar-refractivity contribution in [2.75, 3.05) is 19.1 Å². The summed E-state index contributed by atoms with van der Waals surface area (Å²) in [7, 11) is 0. The highest BCUT2D eigenvalue weighted by Gasteiger charge is 2.38. The van der Waals surface area contributed by atoms with Crippen LogP contribution in [0.3, 0.4) is 0 Å². The number of hydrogen-bond donors (Lipinski definition) is 1. The molecule has 1 aromatic heterocycles. The monoisotopic (exact) mass is 422 g/mol. The van der Waals surface area contributed by atoms with Crippen LogP contribution in [0.15, 0.2) is 48.5 Å². The highest BCUT2D eigenvalue weighted by atomic mass is 35.5. The van der Waals surface area contributed by atoms with Gasteiger partial charge in [0.2, 0.25) is 5.91 Å². The molecule has 3 heterocycles. The predicted octanol–water partition coefficient (Wildman–Crippen LogP) is 5.16. The normalized spacial score (nSPS) is 22.3. The number of halogens is 1. The second kappa shape index (κ2) is 8.09. The van der Waals surface area contributed by atoms with Gasteiger partial charge in [-0.05, 0) is 54.9 Å². The molecule has 2 aliphatic rings. The van der Waals surface area contributed by atoms with Crippen LogP contribution in [0, 0.1) is 0 Å². The average Bonchev–Trinajstić information content (AvgIpc) is 3.16. The van der Waals surface area contributed by atoms with Crippen LogP contribution in [0.2, 0.25) is 0 Å². The van der Waals surface area contributed by atoms with Gasteiger partial charge in [0.25, 0.3) is 0 Å². The van der Waals surface area contributed by atoms with Crippen LogP contribution >= 0.6 is 11.6 Å². The maximum atomic E-state index is 12.9. The van der Waals surface area contributed by atoms with Gasteiger partial charge in [-0.1, -0.05) is 42.5 Å². The molecule has 156 valence electrons. The summed E-state index contributed by atoms with van der Waals surface area (Å²) < 4.78 is 5.51. The number of benzene rings is 2. The summed E-state index contributed by atoms with van der Waals surface area (Å²) >= 11 is 6.02. The number of hydrogen-bond acceptors (Lipinski definition) is 2. The quantitative estimate of drug-likeness (QED) is 0.592. The molecule has 0 spiro atoms. The number of nitrogens with zero attached hydrogens (tertiary/aromatic N) is 1. The van der Waals surface area contributed by atoms with Crippen molar-refractivity contribution in [3.8, 4) is 0 Å². The summed E-state index contributed by atoms with van der Waals surface area (Å²) in [5.41, 5.74) is 6.04. The summed E-state index contributed by atoms with van der Waals surface area (Å²) in [4.78, 5) is 18.5. The van der Waals surface area contributed by atoms with Gasteiger partial charge in [-0.2, -0.15) is 0 Å².